The first-order valence-corrected chi connectivity index (χ1v) is 5.45. The molecular weight excluding hydrogens is 188 g/mol. The van der Waals surface area contributed by atoms with Crippen LogP contribution in [0.5, 0.6) is 0 Å². The molecule has 0 aliphatic rings. The summed E-state index contributed by atoms with van der Waals surface area (Å²) in [4.78, 5) is 4.36. The number of rotatable bonds is 4. The van der Waals surface area contributed by atoms with Crippen LogP contribution in [0.4, 0.5) is 0 Å². The minimum atomic E-state index is 0.125. The third-order valence-corrected chi connectivity index (χ3v) is 2.42. The van der Waals surface area contributed by atoms with E-state index in [0.717, 1.165) is 18.8 Å². The zero-order chi connectivity index (χ0) is 11.5. The molecule has 0 aliphatic heterocycles. The Morgan fingerprint density at radius 3 is 2.67 bits per heavy atom. The van der Waals surface area contributed by atoms with Gasteiger partial charge >= 0.3 is 0 Å². The molecule has 15 heavy (non-hydrogen) atoms. The minimum Gasteiger partial charge on any atom is -0.334 e. The smallest absolute Gasteiger partial charge is 0.127 e. The number of aryl methyl sites for hydroxylation is 1. The number of hydrogen-bond donors (Lipinski definition) is 2. The monoisotopic (exact) mass is 210 g/mol. The molecule has 0 saturated carbocycles. The third kappa shape index (κ3) is 3.32. The lowest BCUT2D eigenvalue weighted by Crippen LogP contribution is -2.33. The largest absolute Gasteiger partial charge is 0.334 e. The lowest BCUT2D eigenvalue weighted by molar-refractivity contribution is 0.301. The van der Waals surface area contributed by atoms with Crippen molar-refractivity contribution in [1.82, 2.24) is 15.0 Å². The summed E-state index contributed by atoms with van der Waals surface area (Å²) in [7, 11) is 0. The van der Waals surface area contributed by atoms with Gasteiger partial charge in [-0.1, -0.05) is 20.8 Å². The molecule has 1 unspecified atom stereocenters. The van der Waals surface area contributed by atoms with Crippen LogP contribution in [0.2, 0.25) is 0 Å². The lowest BCUT2D eigenvalue weighted by Gasteiger charge is -2.25. The highest BCUT2D eigenvalue weighted by molar-refractivity contribution is 5.00. The Labute approximate surface area is 91.8 Å². The minimum absolute atomic E-state index is 0.125. The van der Waals surface area contributed by atoms with Crippen molar-refractivity contribution in [2.24, 2.45) is 11.3 Å². The van der Waals surface area contributed by atoms with Gasteiger partial charge in [-0.25, -0.2) is 10.4 Å². The Balaban J connectivity index is 2.83. The summed E-state index contributed by atoms with van der Waals surface area (Å²) < 4.78 is 2.12. The number of nitrogens with one attached hydrogen (secondary N) is 1. The summed E-state index contributed by atoms with van der Waals surface area (Å²) in [6.07, 6.45) is 4.79. The van der Waals surface area contributed by atoms with Gasteiger partial charge in [0.2, 0.25) is 0 Å². The molecule has 1 atom stereocenters. The van der Waals surface area contributed by atoms with E-state index in [1.807, 2.05) is 12.4 Å². The Morgan fingerprint density at radius 1 is 1.53 bits per heavy atom. The summed E-state index contributed by atoms with van der Waals surface area (Å²) in [5, 5.41) is 0. The zero-order valence-electron chi connectivity index (χ0n) is 10.1. The van der Waals surface area contributed by atoms with Crippen LogP contribution in [0.25, 0.3) is 0 Å². The first kappa shape index (κ1) is 12.2. The van der Waals surface area contributed by atoms with Gasteiger partial charge in [-0.2, -0.15) is 0 Å². The average molecular weight is 210 g/mol. The average Bonchev–Trinajstić information content (AvgIpc) is 2.60. The fourth-order valence-corrected chi connectivity index (χ4v) is 1.74. The highest BCUT2D eigenvalue weighted by Crippen LogP contribution is 2.27. The number of hydrogen-bond acceptors (Lipinski definition) is 3. The number of aromatic nitrogens is 2. The molecule has 4 nitrogen and oxygen atoms in total. The van der Waals surface area contributed by atoms with Crippen molar-refractivity contribution in [3.63, 3.8) is 0 Å². The fourth-order valence-electron chi connectivity index (χ4n) is 1.74. The maximum atomic E-state index is 5.59. The molecule has 1 heterocycles. The van der Waals surface area contributed by atoms with E-state index in [1.54, 1.807) is 0 Å². The van der Waals surface area contributed by atoms with Crippen molar-refractivity contribution >= 4 is 0 Å². The van der Waals surface area contributed by atoms with Crippen LogP contribution < -0.4 is 11.3 Å². The molecule has 0 radical (unpaired) electrons. The molecule has 0 fully saturated rings. The first-order valence-electron chi connectivity index (χ1n) is 5.45. The van der Waals surface area contributed by atoms with Crippen LogP contribution in [-0.4, -0.2) is 9.55 Å². The second kappa shape index (κ2) is 4.77. The van der Waals surface area contributed by atoms with Crippen LogP contribution in [0, 0.1) is 5.41 Å². The Morgan fingerprint density at radius 2 is 2.20 bits per heavy atom. The molecule has 86 valence electrons. The van der Waals surface area contributed by atoms with Crippen LogP contribution in [-0.2, 0) is 6.54 Å². The van der Waals surface area contributed by atoms with Crippen molar-refractivity contribution < 1.29 is 0 Å². The van der Waals surface area contributed by atoms with Gasteiger partial charge in [0.15, 0.2) is 0 Å². The summed E-state index contributed by atoms with van der Waals surface area (Å²) in [6, 6.07) is 0.125. The van der Waals surface area contributed by atoms with E-state index in [2.05, 4.69) is 42.7 Å². The van der Waals surface area contributed by atoms with Gasteiger partial charge in [-0.15, -0.1) is 0 Å². The number of nitrogens with two attached hydrogens (primary N) is 1. The third-order valence-electron chi connectivity index (χ3n) is 2.42. The highest BCUT2D eigenvalue weighted by Gasteiger charge is 2.22. The topological polar surface area (TPSA) is 55.9 Å². The first-order chi connectivity index (χ1) is 6.98. The maximum absolute atomic E-state index is 5.59. The number of imidazole rings is 1. The lowest BCUT2D eigenvalue weighted by atomic mass is 9.88. The van der Waals surface area contributed by atoms with Crippen LogP contribution in [0.3, 0.4) is 0 Å². The molecule has 1 aromatic rings. The van der Waals surface area contributed by atoms with Gasteiger partial charge in [-0.05, 0) is 18.8 Å². The predicted octanol–water partition coefficient (Wildman–Crippen LogP) is 1.84. The Kier molecular flexibility index (Phi) is 3.88. The van der Waals surface area contributed by atoms with Gasteiger partial charge in [0.05, 0.1) is 6.04 Å². The van der Waals surface area contributed by atoms with Gasteiger partial charge in [0.25, 0.3) is 0 Å². The van der Waals surface area contributed by atoms with Gasteiger partial charge in [-0.3, -0.25) is 5.84 Å². The summed E-state index contributed by atoms with van der Waals surface area (Å²) in [5.41, 5.74) is 3.09. The zero-order valence-corrected chi connectivity index (χ0v) is 10.1. The van der Waals surface area contributed by atoms with Crippen molar-refractivity contribution in [2.75, 3.05) is 0 Å². The van der Waals surface area contributed by atoms with Crippen molar-refractivity contribution in [1.29, 1.82) is 0 Å². The summed E-state index contributed by atoms with van der Waals surface area (Å²) >= 11 is 0. The van der Waals surface area contributed by atoms with Crippen LogP contribution in [0.1, 0.15) is 46.0 Å². The van der Waals surface area contributed by atoms with E-state index < -0.39 is 0 Å². The molecule has 1 rings (SSSR count). The second-order valence-corrected chi connectivity index (χ2v) is 5.06. The SMILES string of the molecule is CCn1ccnc1C(CC(C)(C)C)NN. The predicted molar refractivity (Wildman–Crippen MR) is 62.0 cm³/mol. The van der Waals surface area contributed by atoms with Crippen LogP contribution in [0.15, 0.2) is 12.4 Å². The highest BCUT2D eigenvalue weighted by atomic mass is 15.3. The van der Waals surface area contributed by atoms with Crippen molar-refractivity contribution in [2.45, 2.75) is 46.7 Å². The molecule has 0 saturated heterocycles. The fraction of sp³-hybridized carbons (Fsp3) is 0.727. The normalized spacial score (nSPS) is 14.2. The molecule has 0 aliphatic carbocycles. The molecule has 1 aromatic heterocycles. The number of hydrazine groups is 1. The van der Waals surface area contributed by atoms with E-state index in [-0.39, 0.29) is 11.5 Å². The summed E-state index contributed by atoms with van der Waals surface area (Å²) in [5.74, 6) is 6.61. The molecule has 0 bridgehead atoms. The second-order valence-electron chi connectivity index (χ2n) is 5.06. The molecular formula is C11H22N4. The molecule has 0 amide bonds. The maximum Gasteiger partial charge on any atom is 0.127 e. The Bertz CT molecular complexity index is 298. The van der Waals surface area contributed by atoms with E-state index >= 15 is 0 Å². The van der Waals surface area contributed by atoms with Crippen LogP contribution >= 0.6 is 0 Å². The van der Waals surface area contributed by atoms with Crippen molar-refractivity contribution in [3.8, 4) is 0 Å². The van der Waals surface area contributed by atoms with Crippen molar-refractivity contribution in [3.05, 3.63) is 18.2 Å². The van der Waals surface area contributed by atoms with E-state index in [1.165, 1.54) is 0 Å². The standard InChI is InChI=1S/C11H22N4/c1-5-15-7-6-13-10(15)9(14-12)8-11(2,3)4/h6-7,9,14H,5,8,12H2,1-4H3. The van der Waals surface area contributed by atoms with Gasteiger partial charge in [0, 0.05) is 18.9 Å². The molecule has 3 N–H and O–H groups in total. The number of nitrogens with zero attached hydrogens (tertiary/aromatic N) is 2. The molecule has 4 heteroatoms. The molecule has 0 aromatic carbocycles. The molecule has 0 spiro atoms. The Hall–Kier alpha value is -0.870. The quantitative estimate of drug-likeness (QED) is 0.589. The van der Waals surface area contributed by atoms with E-state index in [4.69, 9.17) is 5.84 Å². The summed E-state index contributed by atoms with van der Waals surface area (Å²) in [6.45, 7) is 9.65. The van der Waals surface area contributed by atoms with Gasteiger partial charge in [0.1, 0.15) is 5.82 Å². The van der Waals surface area contributed by atoms with E-state index in [9.17, 15) is 0 Å². The van der Waals surface area contributed by atoms with Gasteiger partial charge < -0.3 is 4.57 Å². The van der Waals surface area contributed by atoms with E-state index in [0.29, 0.717) is 0 Å².